The third-order valence-corrected chi connectivity index (χ3v) is 5.13. The number of hydrogen-bond acceptors (Lipinski definition) is 5. The SMILES string of the molecule is Cc1c(C#N)c(NC(=O)COC(=O)CNC(=O)CCC(C)C)n(Cc2ccccc2)c1C. The van der Waals surface area contributed by atoms with Gasteiger partial charge in [0, 0.05) is 18.7 Å². The maximum absolute atomic E-state index is 12.4. The number of hydrogen-bond donors (Lipinski definition) is 2. The zero-order valence-corrected chi connectivity index (χ0v) is 19.0. The van der Waals surface area contributed by atoms with Crippen LogP contribution < -0.4 is 10.6 Å². The highest BCUT2D eigenvalue weighted by Gasteiger charge is 2.20. The van der Waals surface area contributed by atoms with Crippen molar-refractivity contribution < 1.29 is 19.1 Å². The number of aromatic nitrogens is 1. The number of carbonyl (C=O) groups excluding carboxylic acids is 3. The van der Waals surface area contributed by atoms with Crippen LogP contribution in [0.5, 0.6) is 0 Å². The maximum Gasteiger partial charge on any atom is 0.325 e. The van der Waals surface area contributed by atoms with Gasteiger partial charge in [-0.3, -0.25) is 14.4 Å². The van der Waals surface area contributed by atoms with Crippen LogP contribution in [0.2, 0.25) is 0 Å². The number of esters is 1. The monoisotopic (exact) mass is 438 g/mol. The first-order chi connectivity index (χ1) is 15.2. The Morgan fingerprint density at radius 1 is 1.12 bits per heavy atom. The summed E-state index contributed by atoms with van der Waals surface area (Å²) >= 11 is 0. The lowest BCUT2D eigenvalue weighted by Gasteiger charge is -2.13. The van der Waals surface area contributed by atoms with Crippen molar-refractivity contribution in [1.82, 2.24) is 9.88 Å². The van der Waals surface area contributed by atoms with Gasteiger partial charge >= 0.3 is 5.97 Å². The molecule has 0 saturated heterocycles. The predicted molar refractivity (Wildman–Crippen MR) is 121 cm³/mol. The molecule has 2 rings (SSSR count). The van der Waals surface area contributed by atoms with Gasteiger partial charge in [0.15, 0.2) is 6.61 Å². The lowest BCUT2D eigenvalue weighted by molar-refractivity contribution is -0.147. The highest BCUT2D eigenvalue weighted by molar-refractivity contribution is 5.94. The fraction of sp³-hybridized carbons (Fsp3) is 0.417. The summed E-state index contributed by atoms with van der Waals surface area (Å²) < 4.78 is 6.82. The van der Waals surface area contributed by atoms with Gasteiger partial charge in [0.25, 0.3) is 5.91 Å². The molecule has 0 aliphatic rings. The quantitative estimate of drug-likeness (QED) is 0.554. The van der Waals surface area contributed by atoms with Crippen molar-refractivity contribution in [2.75, 3.05) is 18.5 Å². The summed E-state index contributed by atoms with van der Waals surface area (Å²) in [6, 6.07) is 11.8. The number of ether oxygens (including phenoxy) is 1. The molecule has 0 aliphatic heterocycles. The Labute approximate surface area is 188 Å². The Bertz CT molecular complexity index is 1000. The van der Waals surface area contributed by atoms with Crippen LogP contribution in [-0.2, 0) is 25.7 Å². The molecule has 0 bridgehead atoms. The number of amides is 2. The van der Waals surface area contributed by atoms with Gasteiger partial charge in [0.2, 0.25) is 5.91 Å². The summed E-state index contributed by atoms with van der Waals surface area (Å²) in [6.45, 7) is 7.40. The van der Waals surface area contributed by atoms with Gasteiger partial charge in [-0.25, -0.2) is 0 Å². The Balaban J connectivity index is 1.97. The Hall–Kier alpha value is -3.60. The van der Waals surface area contributed by atoms with E-state index in [0.29, 0.717) is 30.3 Å². The summed E-state index contributed by atoms with van der Waals surface area (Å²) in [4.78, 5) is 36.0. The van der Waals surface area contributed by atoms with Crippen molar-refractivity contribution in [1.29, 1.82) is 5.26 Å². The van der Waals surface area contributed by atoms with E-state index in [1.807, 2.05) is 62.6 Å². The van der Waals surface area contributed by atoms with Gasteiger partial charge in [-0.1, -0.05) is 44.2 Å². The minimum atomic E-state index is -0.703. The molecular formula is C24H30N4O4. The van der Waals surface area contributed by atoms with Crippen LogP contribution >= 0.6 is 0 Å². The van der Waals surface area contributed by atoms with Gasteiger partial charge in [-0.05, 0) is 37.3 Å². The second-order valence-electron chi connectivity index (χ2n) is 8.04. The molecular weight excluding hydrogens is 408 g/mol. The normalized spacial score (nSPS) is 10.5. The van der Waals surface area contributed by atoms with Crippen LogP contribution in [0.1, 0.15) is 49.1 Å². The first kappa shape index (κ1) is 24.7. The lowest BCUT2D eigenvalue weighted by atomic mass is 10.1. The molecule has 170 valence electrons. The number of anilines is 1. The van der Waals surface area contributed by atoms with Crippen molar-refractivity contribution in [3.05, 3.63) is 52.7 Å². The first-order valence-corrected chi connectivity index (χ1v) is 10.6. The van der Waals surface area contributed by atoms with Crippen LogP contribution in [0.25, 0.3) is 0 Å². The van der Waals surface area contributed by atoms with Gasteiger partial charge in [0.05, 0.1) is 5.56 Å². The molecule has 0 aliphatic carbocycles. The standard InChI is InChI=1S/C24H30N4O4/c1-16(2)10-11-21(29)26-13-23(31)32-15-22(30)27-24-20(12-25)17(3)18(4)28(24)14-19-8-6-5-7-9-19/h5-9,16H,10-11,13-15H2,1-4H3,(H,26,29)(H,27,30). The molecule has 2 N–H and O–H groups in total. The van der Waals surface area contributed by atoms with E-state index in [2.05, 4.69) is 16.7 Å². The number of nitriles is 1. The molecule has 0 saturated carbocycles. The highest BCUT2D eigenvalue weighted by atomic mass is 16.5. The number of nitrogens with zero attached hydrogens (tertiary/aromatic N) is 2. The predicted octanol–water partition coefficient (Wildman–Crippen LogP) is 3.06. The average molecular weight is 439 g/mol. The van der Waals surface area contributed by atoms with Crippen molar-refractivity contribution >= 4 is 23.6 Å². The molecule has 1 aromatic carbocycles. The fourth-order valence-electron chi connectivity index (χ4n) is 3.14. The summed E-state index contributed by atoms with van der Waals surface area (Å²) in [6.07, 6.45) is 1.06. The molecule has 0 atom stereocenters. The maximum atomic E-state index is 12.4. The minimum absolute atomic E-state index is 0.233. The molecule has 0 unspecified atom stereocenters. The molecule has 1 heterocycles. The smallest absolute Gasteiger partial charge is 0.325 e. The highest BCUT2D eigenvalue weighted by Crippen LogP contribution is 2.27. The van der Waals surface area contributed by atoms with E-state index >= 15 is 0 Å². The summed E-state index contributed by atoms with van der Waals surface area (Å²) in [7, 11) is 0. The third-order valence-electron chi connectivity index (χ3n) is 5.13. The van der Waals surface area contributed by atoms with Crippen LogP contribution in [0.15, 0.2) is 30.3 Å². The Morgan fingerprint density at radius 2 is 1.81 bits per heavy atom. The number of rotatable bonds is 10. The average Bonchev–Trinajstić information content (AvgIpc) is 2.99. The van der Waals surface area contributed by atoms with Crippen LogP contribution in [0.3, 0.4) is 0 Å². The van der Waals surface area contributed by atoms with E-state index in [1.54, 1.807) is 0 Å². The van der Waals surface area contributed by atoms with Crippen molar-refractivity contribution in [3.8, 4) is 6.07 Å². The van der Waals surface area contributed by atoms with E-state index in [1.165, 1.54) is 0 Å². The van der Waals surface area contributed by atoms with Gasteiger partial charge in [-0.2, -0.15) is 5.26 Å². The second-order valence-corrected chi connectivity index (χ2v) is 8.04. The molecule has 1 aromatic heterocycles. The Kier molecular flexibility index (Phi) is 9.02. The first-order valence-electron chi connectivity index (χ1n) is 10.6. The zero-order chi connectivity index (χ0) is 23.7. The van der Waals surface area contributed by atoms with Crippen LogP contribution in [0, 0.1) is 31.1 Å². The molecule has 0 fully saturated rings. The fourth-order valence-corrected chi connectivity index (χ4v) is 3.14. The summed E-state index contributed by atoms with van der Waals surface area (Å²) in [5, 5.41) is 14.8. The molecule has 2 aromatic rings. The van der Waals surface area contributed by atoms with E-state index in [0.717, 1.165) is 23.2 Å². The van der Waals surface area contributed by atoms with Crippen molar-refractivity contribution in [3.63, 3.8) is 0 Å². The van der Waals surface area contributed by atoms with Crippen LogP contribution in [0.4, 0.5) is 5.82 Å². The molecule has 32 heavy (non-hydrogen) atoms. The molecule has 8 nitrogen and oxygen atoms in total. The van der Waals surface area contributed by atoms with Gasteiger partial charge in [-0.15, -0.1) is 0 Å². The van der Waals surface area contributed by atoms with E-state index in [-0.39, 0.29) is 12.5 Å². The lowest BCUT2D eigenvalue weighted by Crippen LogP contribution is -2.32. The largest absolute Gasteiger partial charge is 0.454 e. The Morgan fingerprint density at radius 3 is 2.44 bits per heavy atom. The minimum Gasteiger partial charge on any atom is -0.454 e. The number of carbonyl (C=O) groups is 3. The van der Waals surface area contributed by atoms with Crippen LogP contribution in [-0.4, -0.2) is 35.5 Å². The van der Waals surface area contributed by atoms with Gasteiger partial charge < -0.3 is 19.9 Å². The van der Waals surface area contributed by atoms with E-state index in [9.17, 15) is 19.6 Å². The van der Waals surface area contributed by atoms with Crippen molar-refractivity contribution in [2.45, 2.75) is 47.1 Å². The summed E-state index contributed by atoms with van der Waals surface area (Å²) in [5.41, 5.74) is 3.03. The molecule has 0 spiro atoms. The zero-order valence-electron chi connectivity index (χ0n) is 19.0. The third kappa shape index (κ3) is 6.98. The molecule has 8 heteroatoms. The van der Waals surface area contributed by atoms with Crippen molar-refractivity contribution in [2.24, 2.45) is 5.92 Å². The number of benzene rings is 1. The number of nitrogens with one attached hydrogen (secondary N) is 2. The molecule has 2 amide bonds. The molecule has 0 radical (unpaired) electrons. The topological polar surface area (TPSA) is 113 Å². The van der Waals surface area contributed by atoms with E-state index in [4.69, 9.17) is 4.74 Å². The van der Waals surface area contributed by atoms with Gasteiger partial charge in [0.1, 0.15) is 18.4 Å². The van der Waals surface area contributed by atoms with E-state index < -0.39 is 18.5 Å². The second kappa shape index (κ2) is 11.7. The summed E-state index contributed by atoms with van der Waals surface area (Å²) in [5.74, 6) is -0.737.